The molecular formula is C16H26N2O3. The quantitative estimate of drug-likeness (QED) is 0.688. The Morgan fingerprint density at radius 3 is 2.38 bits per heavy atom. The zero-order chi connectivity index (χ0) is 15.0. The van der Waals surface area contributed by atoms with Gasteiger partial charge >= 0.3 is 5.97 Å². The van der Waals surface area contributed by atoms with Crippen molar-refractivity contribution in [1.29, 1.82) is 0 Å². The van der Waals surface area contributed by atoms with Gasteiger partial charge in [-0.1, -0.05) is 19.3 Å². The van der Waals surface area contributed by atoms with E-state index < -0.39 is 11.9 Å². The van der Waals surface area contributed by atoms with Crippen molar-refractivity contribution in [1.82, 2.24) is 5.32 Å². The SMILES string of the molecule is NC1C2CCC(C2)C1C(=O)NC1CCCCCC1C(=O)O. The van der Waals surface area contributed by atoms with Crippen LogP contribution in [-0.4, -0.2) is 29.1 Å². The minimum atomic E-state index is -0.778. The van der Waals surface area contributed by atoms with E-state index in [9.17, 15) is 14.7 Å². The number of nitrogens with one attached hydrogen (secondary N) is 1. The van der Waals surface area contributed by atoms with E-state index in [2.05, 4.69) is 5.32 Å². The Morgan fingerprint density at radius 2 is 1.71 bits per heavy atom. The largest absolute Gasteiger partial charge is 0.481 e. The van der Waals surface area contributed by atoms with Gasteiger partial charge < -0.3 is 16.2 Å². The van der Waals surface area contributed by atoms with Crippen molar-refractivity contribution >= 4 is 11.9 Å². The van der Waals surface area contributed by atoms with Gasteiger partial charge in [0.05, 0.1) is 11.8 Å². The van der Waals surface area contributed by atoms with E-state index in [1.807, 2.05) is 0 Å². The average Bonchev–Trinajstić information content (AvgIpc) is 2.93. The molecule has 3 aliphatic rings. The van der Waals surface area contributed by atoms with E-state index in [0.29, 0.717) is 18.3 Å². The van der Waals surface area contributed by atoms with Gasteiger partial charge in [-0.25, -0.2) is 0 Å². The van der Waals surface area contributed by atoms with Crippen LogP contribution in [0.1, 0.15) is 51.4 Å². The first-order valence-electron chi connectivity index (χ1n) is 8.36. The minimum absolute atomic E-state index is 0.00727. The summed E-state index contributed by atoms with van der Waals surface area (Å²) in [7, 11) is 0. The number of carboxylic acid groups (broad SMARTS) is 1. The van der Waals surface area contributed by atoms with Gasteiger partial charge in [0.25, 0.3) is 0 Å². The molecule has 4 N–H and O–H groups in total. The summed E-state index contributed by atoms with van der Waals surface area (Å²) in [4.78, 5) is 24.0. The lowest BCUT2D eigenvalue weighted by Gasteiger charge is -2.30. The molecule has 21 heavy (non-hydrogen) atoms. The molecule has 0 radical (unpaired) electrons. The van der Waals surface area contributed by atoms with Crippen LogP contribution < -0.4 is 11.1 Å². The van der Waals surface area contributed by atoms with E-state index in [4.69, 9.17) is 5.73 Å². The maximum absolute atomic E-state index is 12.6. The molecule has 3 fully saturated rings. The minimum Gasteiger partial charge on any atom is -0.481 e. The molecule has 6 atom stereocenters. The molecule has 2 bridgehead atoms. The predicted molar refractivity (Wildman–Crippen MR) is 78.4 cm³/mol. The fourth-order valence-electron chi connectivity index (χ4n) is 4.78. The highest BCUT2D eigenvalue weighted by Gasteiger charge is 2.49. The Balaban J connectivity index is 1.66. The number of carbonyl (C=O) groups excluding carboxylic acids is 1. The van der Waals surface area contributed by atoms with Gasteiger partial charge in [-0.2, -0.15) is 0 Å². The summed E-state index contributed by atoms with van der Waals surface area (Å²) in [5.41, 5.74) is 6.22. The number of rotatable bonds is 3. The fraction of sp³-hybridized carbons (Fsp3) is 0.875. The second kappa shape index (κ2) is 5.95. The number of aliphatic carboxylic acids is 1. The zero-order valence-electron chi connectivity index (χ0n) is 12.5. The molecule has 0 spiro atoms. The number of nitrogens with two attached hydrogens (primary N) is 1. The molecule has 0 saturated heterocycles. The van der Waals surface area contributed by atoms with Crippen molar-refractivity contribution < 1.29 is 14.7 Å². The zero-order valence-corrected chi connectivity index (χ0v) is 12.5. The van der Waals surface area contributed by atoms with Crippen LogP contribution in [0.25, 0.3) is 0 Å². The number of carbonyl (C=O) groups is 2. The predicted octanol–water partition coefficient (Wildman–Crippen LogP) is 1.51. The standard InChI is InChI=1S/C16H26N2O3/c17-14-10-7-6-9(8-10)13(14)15(19)18-12-5-3-1-2-4-11(12)16(20)21/h9-14H,1-8,17H2,(H,18,19)(H,20,21). The maximum atomic E-state index is 12.6. The van der Waals surface area contributed by atoms with Crippen LogP contribution in [0.4, 0.5) is 0 Å². The second-order valence-corrected chi connectivity index (χ2v) is 7.13. The molecule has 5 nitrogen and oxygen atoms in total. The molecule has 5 heteroatoms. The third kappa shape index (κ3) is 2.80. The molecule has 0 aromatic rings. The Labute approximate surface area is 125 Å². The van der Waals surface area contributed by atoms with Crippen molar-refractivity contribution in [3.05, 3.63) is 0 Å². The van der Waals surface area contributed by atoms with Crippen molar-refractivity contribution in [3.63, 3.8) is 0 Å². The monoisotopic (exact) mass is 294 g/mol. The van der Waals surface area contributed by atoms with Crippen LogP contribution >= 0.6 is 0 Å². The van der Waals surface area contributed by atoms with Gasteiger partial charge in [0.15, 0.2) is 0 Å². The lowest BCUT2D eigenvalue weighted by Crippen LogP contribution is -2.50. The molecule has 3 rings (SSSR count). The molecule has 118 valence electrons. The molecule has 0 aliphatic heterocycles. The summed E-state index contributed by atoms with van der Waals surface area (Å²) in [6.07, 6.45) is 7.77. The summed E-state index contributed by atoms with van der Waals surface area (Å²) in [5.74, 6) is -0.394. The van der Waals surface area contributed by atoms with Gasteiger partial charge in [-0.3, -0.25) is 9.59 Å². The van der Waals surface area contributed by atoms with E-state index in [1.165, 1.54) is 0 Å². The number of hydrogen-bond acceptors (Lipinski definition) is 3. The third-order valence-electron chi connectivity index (χ3n) is 5.94. The fourth-order valence-corrected chi connectivity index (χ4v) is 4.78. The smallest absolute Gasteiger partial charge is 0.308 e. The van der Waals surface area contributed by atoms with Crippen molar-refractivity contribution in [2.24, 2.45) is 29.4 Å². The van der Waals surface area contributed by atoms with Gasteiger partial charge in [0.2, 0.25) is 5.91 Å². The van der Waals surface area contributed by atoms with Crippen molar-refractivity contribution in [2.75, 3.05) is 0 Å². The lowest BCUT2D eigenvalue weighted by molar-refractivity contribution is -0.143. The Bertz CT molecular complexity index is 424. The summed E-state index contributed by atoms with van der Waals surface area (Å²) in [6.45, 7) is 0. The Kier molecular flexibility index (Phi) is 4.20. The van der Waals surface area contributed by atoms with Crippen LogP contribution in [0.2, 0.25) is 0 Å². The van der Waals surface area contributed by atoms with E-state index in [0.717, 1.165) is 44.9 Å². The number of carboxylic acids is 1. The van der Waals surface area contributed by atoms with Crippen LogP contribution in [0.15, 0.2) is 0 Å². The molecule has 0 aromatic carbocycles. The van der Waals surface area contributed by atoms with Crippen molar-refractivity contribution in [2.45, 2.75) is 63.5 Å². The van der Waals surface area contributed by atoms with E-state index in [1.54, 1.807) is 0 Å². The summed E-state index contributed by atoms with van der Waals surface area (Å²) < 4.78 is 0. The number of amides is 1. The Hall–Kier alpha value is -1.10. The summed E-state index contributed by atoms with van der Waals surface area (Å²) >= 11 is 0. The maximum Gasteiger partial charge on any atom is 0.308 e. The molecule has 3 saturated carbocycles. The van der Waals surface area contributed by atoms with E-state index >= 15 is 0 Å². The molecule has 6 unspecified atom stereocenters. The van der Waals surface area contributed by atoms with Crippen LogP contribution in [0.5, 0.6) is 0 Å². The van der Waals surface area contributed by atoms with Gasteiger partial charge in [0, 0.05) is 12.1 Å². The first kappa shape index (κ1) is 14.8. The molecular weight excluding hydrogens is 268 g/mol. The Morgan fingerprint density at radius 1 is 1.00 bits per heavy atom. The summed E-state index contributed by atoms with van der Waals surface area (Å²) in [5, 5.41) is 12.4. The average molecular weight is 294 g/mol. The van der Waals surface area contributed by atoms with Crippen LogP contribution in [0, 0.1) is 23.7 Å². The normalized spacial score (nSPS) is 42.5. The van der Waals surface area contributed by atoms with Gasteiger partial charge in [-0.15, -0.1) is 0 Å². The van der Waals surface area contributed by atoms with Gasteiger partial charge in [-0.05, 0) is 43.9 Å². The highest BCUT2D eigenvalue weighted by Crippen LogP contribution is 2.47. The highest BCUT2D eigenvalue weighted by atomic mass is 16.4. The summed E-state index contributed by atoms with van der Waals surface area (Å²) in [6, 6.07) is -0.248. The molecule has 1 amide bonds. The third-order valence-corrected chi connectivity index (χ3v) is 5.94. The molecule has 3 aliphatic carbocycles. The van der Waals surface area contributed by atoms with Crippen LogP contribution in [-0.2, 0) is 9.59 Å². The first-order chi connectivity index (χ1) is 10.1. The highest BCUT2D eigenvalue weighted by molar-refractivity contribution is 5.81. The first-order valence-corrected chi connectivity index (χ1v) is 8.36. The van der Waals surface area contributed by atoms with Crippen molar-refractivity contribution in [3.8, 4) is 0 Å². The topological polar surface area (TPSA) is 92.4 Å². The lowest BCUT2D eigenvalue weighted by atomic mass is 9.83. The van der Waals surface area contributed by atoms with Crippen LogP contribution in [0.3, 0.4) is 0 Å². The van der Waals surface area contributed by atoms with Gasteiger partial charge in [0.1, 0.15) is 0 Å². The molecule has 0 heterocycles. The number of fused-ring (bicyclic) bond motifs is 2. The number of hydrogen-bond donors (Lipinski definition) is 3. The molecule has 0 aromatic heterocycles. The second-order valence-electron chi connectivity index (χ2n) is 7.13. The van der Waals surface area contributed by atoms with E-state index in [-0.39, 0.29) is 23.9 Å².